The molecule has 0 saturated carbocycles. The number of hydrogen-bond donors (Lipinski definition) is 1. The Hall–Kier alpha value is -2.27. The molecule has 11 heteroatoms. The molecule has 1 N–H and O–H groups in total. The lowest BCUT2D eigenvalue weighted by molar-refractivity contribution is -0.144. The van der Waals surface area contributed by atoms with Crippen molar-refractivity contribution in [2.45, 2.75) is 45.7 Å². The van der Waals surface area contributed by atoms with Crippen molar-refractivity contribution < 1.29 is 18.0 Å². The SMILES string of the molecule is Cc1nc2nc(C(F)(F)F)nn2c(C)c1CCC(=O)NCCCCN1CCN(C)CC1. The zero-order valence-corrected chi connectivity index (χ0v) is 18.3. The van der Waals surface area contributed by atoms with Gasteiger partial charge in [-0.15, -0.1) is 5.10 Å². The van der Waals surface area contributed by atoms with Crippen LogP contribution >= 0.6 is 0 Å². The van der Waals surface area contributed by atoms with Crippen LogP contribution in [0.15, 0.2) is 0 Å². The van der Waals surface area contributed by atoms with E-state index in [1.165, 1.54) is 0 Å². The van der Waals surface area contributed by atoms with Crippen LogP contribution in [0.1, 0.15) is 42.0 Å². The highest BCUT2D eigenvalue weighted by Crippen LogP contribution is 2.27. The molecule has 0 aromatic carbocycles. The van der Waals surface area contributed by atoms with Gasteiger partial charge in [0.2, 0.25) is 5.91 Å². The smallest absolute Gasteiger partial charge is 0.356 e. The largest absolute Gasteiger partial charge is 0.453 e. The predicted octanol–water partition coefficient (Wildman–Crippen LogP) is 1.84. The molecule has 3 rings (SSSR count). The van der Waals surface area contributed by atoms with Crippen molar-refractivity contribution in [2.24, 2.45) is 0 Å². The van der Waals surface area contributed by atoms with E-state index in [1.807, 2.05) is 0 Å². The van der Waals surface area contributed by atoms with Crippen molar-refractivity contribution in [3.8, 4) is 0 Å². The summed E-state index contributed by atoms with van der Waals surface area (Å²) >= 11 is 0. The standard InChI is InChI=1S/C20H30F3N7O/c1-14-16(15(2)30-19(25-14)26-18(27-30)20(21,22)23)6-7-17(31)24-8-4-5-9-29-12-10-28(3)11-13-29/h4-13H2,1-3H3,(H,24,31). The highest BCUT2D eigenvalue weighted by atomic mass is 19.4. The number of piperazine rings is 1. The molecule has 3 heterocycles. The van der Waals surface area contributed by atoms with E-state index < -0.39 is 12.0 Å². The molecule has 1 fully saturated rings. The number of nitrogens with one attached hydrogen (secondary N) is 1. The van der Waals surface area contributed by atoms with Crippen LogP contribution in [-0.4, -0.2) is 81.6 Å². The first-order valence-corrected chi connectivity index (χ1v) is 10.6. The number of rotatable bonds is 8. The molecule has 0 aliphatic carbocycles. The first-order valence-electron chi connectivity index (χ1n) is 10.6. The Labute approximate surface area is 179 Å². The summed E-state index contributed by atoms with van der Waals surface area (Å²) in [4.78, 5) is 24.6. The lowest BCUT2D eigenvalue weighted by atomic mass is 10.1. The summed E-state index contributed by atoms with van der Waals surface area (Å²) in [6, 6.07) is 0. The van der Waals surface area contributed by atoms with Gasteiger partial charge in [-0.2, -0.15) is 18.2 Å². The molecule has 8 nitrogen and oxygen atoms in total. The van der Waals surface area contributed by atoms with Gasteiger partial charge in [0.1, 0.15) is 0 Å². The van der Waals surface area contributed by atoms with Crippen LogP contribution < -0.4 is 5.32 Å². The van der Waals surface area contributed by atoms with Crippen LogP contribution in [0.25, 0.3) is 5.78 Å². The third-order valence-electron chi connectivity index (χ3n) is 5.72. The van der Waals surface area contributed by atoms with Gasteiger partial charge in [-0.3, -0.25) is 4.79 Å². The van der Waals surface area contributed by atoms with E-state index in [2.05, 4.69) is 37.2 Å². The second-order valence-corrected chi connectivity index (χ2v) is 8.11. The summed E-state index contributed by atoms with van der Waals surface area (Å²) in [7, 11) is 2.13. The number of aryl methyl sites for hydroxylation is 2. The highest BCUT2D eigenvalue weighted by Gasteiger charge is 2.37. The number of alkyl halides is 3. The van der Waals surface area contributed by atoms with Crippen LogP contribution in [0.2, 0.25) is 0 Å². The van der Waals surface area contributed by atoms with Crippen molar-refractivity contribution in [1.29, 1.82) is 0 Å². The van der Waals surface area contributed by atoms with Crippen LogP contribution in [0.3, 0.4) is 0 Å². The van der Waals surface area contributed by atoms with E-state index in [4.69, 9.17) is 0 Å². The Balaban J connectivity index is 1.45. The second kappa shape index (κ2) is 9.90. The maximum atomic E-state index is 12.9. The zero-order valence-electron chi connectivity index (χ0n) is 18.3. The molecule has 1 amide bonds. The van der Waals surface area contributed by atoms with Gasteiger partial charge in [0.05, 0.1) is 0 Å². The van der Waals surface area contributed by atoms with Gasteiger partial charge < -0.3 is 15.1 Å². The van der Waals surface area contributed by atoms with Gasteiger partial charge in [0.15, 0.2) is 0 Å². The third kappa shape index (κ3) is 6.13. The number of nitrogens with zero attached hydrogens (tertiary/aromatic N) is 6. The van der Waals surface area contributed by atoms with Crippen LogP contribution in [0.4, 0.5) is 13.2 Å². The first-order chi connectivity index (χ1) is 14.6. The van der Waals surface area contributed by atoms with E-state index in [0.717, 1.165) is 55.6 Å². The lowest BCUT2D eigenvalue weighted by Gasteiger charge is -2.32. The summed E-state index contributed by atoms with van der Waals surface area (Å²) in [5, 5.41) is 6.46. The molecule has 2 aromatic heterocycles. The Morgan fingerprint density at radius 2 is 1.81 bits per heavy atom. The molecule has 1 saturated heterocycles. The fraction of sp³-hybridized carbons (Fsp3) is 0.700. The number of likely N-dealkylation sites (N-methyl/N-ethyl adjacent to an activating group) is 1. The molecule has 0 unspecified atom stereocenters. The quantitative estimate of drug-likeness (QED) is 0.630. The first kappa shape index (κ1) is 23.4. The fourth-order valence-electron chi connectivity index (χ4n) is 3.78. The molecule has 31 heavy (non-hydrogen) atoms. The number of carbonyl (C=O) groups is 1. The Bertz CT molecular complexity index is 904. The van der Waals surface area contributed by atoms with Gasteiger partial charge in [-0.1, -0.05) is 0 Å². The van der Waals surface area contributed by atoms with Crippen molar-refractivity contribution in [3.05, 3.63) is 22.8 Å². The molecule has 1 aliphatic rings. The minimum absolute atomic E-state index is 0.0759. The highest BCUT2D eigenvalue weighted by molar-refractivity contribution is 5.76. The summed E-state index contributed by atoms with van der Waals surface area (Å²) in [5.74, 6) is -1.38. The Kier molecular flexibility index (Phi) is 7.47. The number of amides is 1. The third-order valence-corrected chi connectivity index (χ3v) is 5.72. The van der Waals surface area contributed by atoms with Crippen molar-refractivity contribution in [1.82, 2.24) is 34.7 Å². The average Bonchev–Trinajstić information content (AvgIpc) is 3.13. The normalized spacial score (nSPS) is 16.2. The van der Waals surface area contributed by atoms with Crippen molar-refractivity contribution in [2.75, 3.05) is 46.3 Å². The number of hydrogen-bond acceptors (Lipinski definition) is 6. The average molecular weight is 442 g/mol. The predicted molar refractivity (Wildman–Crippen MR) is 110 cm³/mol. The fourth-order valence-corrected chi connectivity index (χ4v) is 3.78. The maximum Gasteiger partial charge on any atom is 0.453 e. The van der Waals surface area contributed by atoms with Gasteiger partial charge in [-0.25, -0.2) is 9.50 Å². The number of carbonyl (C=O) groups excluding carboxylic acids is 1. The van der Waals surface area contributed by atoms with Crippen molar-refractivity contribution >= 4 is 11.7 Å². The van der Waals surface area contributed by atoms with E-state index in [1.54, 1.807) is 13.8 Å². The molecule has 0 spiro atoms. The van der Waals surface area contributed by atoms with E-state index >= 15 is 0 Å². The summed E-state index contributed by atoms with van der Waals surface area (Å²) < 4.78 is 39.7. The Morgan fingerprint density at radius 1 is 1.10 bits per heavy atom. The minimum Gasteiger partial charge on any atom is -0.356 e. The van der Waals surface area contributed by atoms with Crippen LogP contribution in [-0.2, 0) is 17.4 Å². The molecular weight excluding hydrogens is 411 g/mol. The monoisotopic (exact) mass is 441 g/mol. The van der Waals surface area contributed by atoms with Gasteiger partial charge >= 0.3 is 6.18 Å². The summed E-state index contributed by atoms with van der Waals surface area (Å²) in [5.41, 5.74) is 1.80. The summed E-state index contributed by atoms with van der Waals surface area (Å²) in [6.45, 7) is 9.44. The topological polar surface area (TPSA) is 78.7 Å². The zero-order chi connectivity index (χ0) is 22.6. The molecule has 2 aromatic rings. The molecule has 172 valence electrons. The number of aromatic nitrogens is 4. The molecular formula is C20H30F3N7O. The van der Waals surface area contributed by atoms with E-state index in [-0.39, 0.29) is 18.1 Å². The maximum absolute atomic E-state index is 12.9. The minimum atomic E-state index is -4.63. The van der Waals surface area contributed by atoms with Gasteiger partial charge in [0, 0.05) is 50.5 Å². The second-order valence-electron chi connectivity index (χ2n) is 8.11. The molecule has 1 aliphatic heterocycles. The summed E-state index contributed by atoms with van der Waals surface area (Å²) in [6.07, 6.45) is -2.04. The van der Waals surface area contributed by atoms with Crippen LogP contribution in [0, 0.1) is 13.8 Å². The molecule has 0 atom stereocenters. The number of fused-ring (bicyclic) bond motifs is 1. The Morgan fingerprint density at radius 3 is 2.48 bits per heavy atom. The number of halogens is 3. The van der Waals surface area contributed by atoms with Gasteiger partial charge in [0.25, 0.3) is 11.6 Å². The lowest BCUT2D eigenvalue weighted by Crippen LogP contribution is -2.44. The molecule has 0 radical (unpaired) electrons. The van der Waals surface area contributed by atoms with E-state index in [0.29, 0.717) is 24.4 Å². The van der Waals surface area contributed by atoms with Crippen LogP contribution in [0.5, 0.6) is 0 Å². The van der Waals surface area contributed by atoms with Crippen molar-refractivity contribution in [3.63, 3.8) is 0 Å². The van der Waals surface area contributed by atoms with E-state index in [9.17, 15) is 18.0 Å². The number of unbranched alkanes of at least 4 members (excludes halogenated alkanes) is 1. The van der Waals surface area contributed by atoms with Gasteiger partial charge in [-0.05, 0) is 52.3 Å². The molecule has 0 bridgehead atoms.